The molecule has 1 fully saturated rings. The number of aliphatic carboxylic acids is 1. The molecule has 0 aliphatic heterocycles. The molecule has 0 radical (unpaired) electrons. The monoisotopic (exact) mass is 200 g/mol. The van der Waals surface area contributed by atoms with Gasteiger partial charge < -0.3 is 16.2 Å². The largest absolute Gasteiger partial charge is 0.481 e. The van der Waals surface area contributed by atoms with Gasteiger partial charge in [-0.1, -0.05) is 12.8 Å². The minimum absolute atomic E-state index is 0.00125. The fourth-order valence-electron chi connectivity index (χ4n) is 2.03. The van der Waals surface area contributed by atoms with Crippen LogP contribution in [0.25, 0.3) is 0 Å². The Balaban J connectivity index is 2.61. The smallest absolute Gasteiger partial charge is 0.305 e. The molecule has 80 valence electrons. The van der Waals surface area contributed by atoms with Crippen molar-refractivity contribution in [2.45, 2.75) is 37.6 Å². The Bertz CT molecular complexity index is 234. The van der Waals surface area contributed by atoms with Gasteiger partial charge in [0.25, 0.3) is 0 Å². The SMILES string of the molecule is NCC(=O)NC1(CC(=O)O)CCCC1. The highest BCUT2D eigenvalue weighted by atomic mass is 16.4. The molecular weight excluding hydrogens is 184 g/mol. The van der Waals surface area contributed by atoms with Crippen LogP contribution in [0.15, 0.2) is 0 Å². The molecule has 0 unspecified atom stereocenters. The second-order valence-electron chi connectivity index (χ2n) is 3.81. The van der Waals surface area contributed by atoms with Gasteiger partial charge in [-0.2, -0.15) is 0 Å². The lowest BCUT2D eigenvalue weighted by molar-refractivity contribution is -0.139. The first-order chi connectivity index (χ1) is 6.58. The van der Waals surface area contributed by atoms with E-state index >= 15 is 0 Å². The highest BCUT2D eigenvalue weighted by Crippen LogP contribution is 2.32. The molecule has 4 N–H and O–H groups in total. The van der Waals surface area contributed by atoms with Crippen LogP contribution in [0.4, 0.5) is 0 Å². The van der Waals surface area contributed by atoms with E-state index in [0.717, 1.165) is 25.7 Å². The molecule has 0 bridgehead atoms. The van der Waals surface area contributed by atoms with Crippen LogP contribution in [0.3, 0.4) is 0 Å². The number of amides is 1. The standard InChI is InChI=1S/C9H16N2O3/c10-6-7(12)11-9(5-8(13)14)3-1-2-4-9/h1-6,10H2,(H,11,12)(H,13,14). The Morgan fingerprint density at radius 1 is 1.36 bits per heavy atom. The molecule has 5 heteroatoms. The molecule has 0 aromatic heterocycles. The van der Waals surface area contributed by atoms with E-state index in [1.165, 1.54) is 0 Å². The fourth-order valence-corrected chi connectivity index (χ4v) is 2.03. The average Bonchev–Trinajstić information content (AvgIpc) is 2.51. The first-order valence-electron chi connectivity index (χ1n) is 4.81. The van der Waals surface area contributed by atoms with E-state index in [0.29, 0.717) is 0 Å². The Hall–Kier alpha value is -1.10. The van der Waals surface area contributed by atoms with Crippen molar-refractivity contribution in [2.24, 2.45) is 5.73 Å². The minimum atomic E-state index is -0.871. The first-order valence-corrected chi connectivity index (χ1v) is 4.81. The van der Waals surface area contributed by atoms with Crippen molar-refractivity contribution in [3.05, 3.63) is 0 Å². The van der Waals surface area contributed by atoms with Gasteiger partial charge in [-0.25, -0.2) is 0 Å². The Kier molecular flexibility index (Phi) is 3.46. The van der Waals surface area contributed by atoms with Gasteiger partial charge in [-0.05, 0) is 12.8 Å². The number of nitrogens with one attached hydrogen (secondary N) is 1. The van der Waals surface area contributed by atoms with Gasteiger partial charge in [0, 0.05) is 0 Å². The predicted octanol–water partition coefficient (Wildman–Crippen LogP) is -0.151. The third kappa shape index (κ3) is 2.70. The van der Waals surface area contributed by atoms with Gasteiger partial charge in [0.1, 0.15) is 0 Å². The minimum Gasteiger partial charge on any atom is -0.481 e. The van der Waals surface area contributed by atoms with E-state index < -0.39 is 11.5 Å². The van der Waals surface area contributed by atoms with Crippen molar-refractivity contribution < 1.29 is 14.7 Å². The van der Waals surface area contributed by atoms with E-state index in [2.05, 4.69) is 5.32 Å². The quantitative estimate of drug-likeness (QED) is 0.588. The van der Waals surface area contributed by atoms with Crippen LogP contribution < -0.4 is 11.1 Å². The normalized spacial score (nSPS) is 19.2. The number of carboxylic acids is 1. The summed E-state index contributed by atoms with van der Waals surface area (Å²) in [4.78, 5) is 21.8. The lowest BCUT2D eigenvalue weighted by Crippen LogP contribution is -2.49. The summed E-state index contributed by atoms with van der Waals surface area (Å²) in [5.74, 6) is -1.14. The van der Waals surface area contributed by atoms with Crippen LogP contribution in [0.2, 0.25) is 0 Å². The Labute approximate surface area is 82.7 Å². The molecule has 0 atom stereocenters. The van der Waals surface area contributed by atoms with Gasteiger partial charge in [0.05, 0.1) is 18.5 Å². The van der Waals surface area contributed by atoms with Gasteiger partial charge in [0.15, 0.2) is 0 Å². The third-order valence-electron chi connectivity index (χ3n) is 2.64. The second kappa shape index (κ2) is 4.41. The third-order valence-corrected chi connectivity index (χ3v) is 2.64. The summed E-state index contributed by atoms with van der Waals surface area (Å²) >= 11 is 0. The number of carbonyl (C=O) groups is 2. The van der Waals surface area contributed by atoms with Gasteiger partial charge in [-0.3, -0.25) is 9.59 Å². The number of carboxylic acid groups (broad SMARTS) is 1. The maximum atomic E-state index is 11.1. The molecule has 0 spiro atoms. The number of rotatable bonds is 4. The van der Waals surface area contributed by atoms with Crippen molar-refractivity contribution in [3.8, 4) is 0 Å². The number of hydrogen-bond acceptors (Lipinski definition) is 3. The molecule has 0 aromatic carbocycles. The summed E-state index contributed by atoms with van der Waals surface area (Å²) in [6, 6.07) is 0. The summed E-state index contributed by atoms with van der Waals surface area (Å²) in [5, 5.41) is 11.5. The van der Waals surface area contributed by atoms with Crippen molar-refractivity contribution in [1.82, 2.24) is 5.32 Å². The zero-order valence-corrected chi connectivity index (χ0v) is 8.08. The molecule has 0 aromatic rings. The van der Waals surface area contributed by atoms with Crippen LogP contribution in [0, 0.1) is 0 Å². The summed E-state index contributed by atoms with van der Waals surface area (Å²) in [7, 11) is 0. The number of carbonyl (C=O) groups excluding carboxylic acids is 1. The number of nitrogens with two attached hydrogens (primary N) is 1. The predicted molar refractivity (Wildman–Crippen MR) is 50.6 cm³/mol. The van der Waals surface area contributed by atoms with Crippen LogP contribution in [-0.2, 0) is 9.59 Å². The van der Waals surface area contributed by atoms with E-state index in [1.807, 2.05) is 0 Å². The summed E-state index contributed by atoms with van der Waals surface area (Å²) in [5.41, 5.74) is 4.64. The summed E-state index contributed by atoms with van der Waals surface area (Å²) < 4.78 is 0. The van der Waals surface area contributed by atoms with E-state index in [-0.39, 0.29) is 18.9 Å². The second-order valence-corrected chi connectivity index (χ2v) is 3.81. The zero-order valence-electron chi connectivity index (χ0n) is 8.08. The molecule has 1 amide bonds. The molecule has 0 saturated heterocycles. The number of hydrogen-bond donors (Lipinski definition) is 3. The Morgan fingerprint density at radius 3 is 2.36 bits per heavy atom. The topological polar surface area (TPSA) is 92.4 Å². The van der Waals surface area contributed by atoms with Gasteiger partial charge >= 0.3 is 5.97 Å². The maximum absolute atomic E-state index is 11.1. The molecular formula is C9H16N2O3. The van der Waals surface area contributed by atoms with Crippen LogP contribution >= 0.6 is 0 Å². The molecule has 5 nitrogen and oxygen atoms in total. The molecule has 1 rings (SSSR count). The van der Waals surface area contributed by atoms with Crippen molar-refractivity contribution in [1.29, 1.82) is 0 Å². The van der Waals surface area contributed by atoms with Crippen molar-refractivity contribution in [2.75, 3.05) is 6.54 Å². The van der Waals surface area contributed by atoms with E-state index in [9.17, 15) is 9.59 Å². The Morgan fingerprint density at radius 2 is 1.93 bits per heavy atom. The van der Waals surface area contributed by atoms with E-state index in [4.69, 9.17) is 10.8 Å². The van der Waals surface area contributed by atoms with Crippen LogP contribution in [0.5, 0.6) is 0 Å². The fraction of sp³-hybridized carbons (Fsp3) is 0.778. The van der Waals surface area contributed by atoms with Crippen molar-refractivity contribution in [3.63, 3.8) is 0 Å². The highest BCUT2D eigenvalue weighted by molar-refractivity contribution is 5.79. The molecule has 1 saturated carbocycles. The molecule has 0 heterocycles. The summed E-state index contributed by atoms with van der Waals surface area (Å²) in [6.45, 7) is -0.0820. The zero-order chi connectivity index (χ0) is 10.6. The highest BCUT2D eigenvalue weighted by Gasteiger charge is 2.36. The average molecular weight is 200 g/mol. The first kappa shape index (κ1) is 11.0. The molecule has 1 aliphatic carbocycles. The lowest BCUT2D eigenvalue weighted by Gasteiger charge is -2.28. The van der Waals surface area contributed by atoms with E-state index in [1.54, 1.807) is 0 Å². The van der Waals surface area contributed by atoms with Gasteiger partial charge in [-0.15, -0.1) is 0 Å². The van der Waals surface area contributed by atoms with Crippen LogP contribution in [-0.4, -0.2) is 29.1 Å². The molecule has 1 aliphatic rings. The van der Waals surface area contributed by atoms with Crippen LogP contribution in [0.1, 0.15) is 32.1 Å². The van der Waals surface area contributed by atoms with Gasteiger partial charge in [0.2, 0.25) is 5.91 Å². The summed E-state index contributed by atoms with van der Waals surface area (Å²) in [6.07, 6.45) is 3.42. The lowest BCUT2D eigenvalue weighted by atomic mass is 9.93. The molecule has 14 heavy (non-hydrogen) atoms. The maximum Gasteiger partial charge on any atom is 0.305 e. The van der Waals surface area contributed by atoms with Crippen molar-refractivity contribution >= 4 is 11.9 Å².